The first kappa shape index (κ1) is 13.8. The predicted octanol–water partition coefficient (Wildman–Crippen LogP) is 1.66. The van der Waals surface area contributed by atoms with E-state index in [4.69, 9.17) is 10.2 Å². The van der Waals surface area contributed by atoms with Crippen molar-refractivity contribution in [1.29, 1.82) is 0 Å². The minimum Gasteiger partial charge on any atom is -0.467 e. The summed E-state index contributed by atoms with van der Waals surface area (Å²) in [5.41, 5.74) is 5.67. The number of amides is 1. The molecular weight excluding hydrogens is 259 g/mol. The highest BCUT2D eigenvalue weighted by molar-refractivity contribution is 5.94. The van der Waals surface area contributed by atoms with E-state index < -0.39 is 5.82 Å². The molecular formula is C15H13FN2O2. The summed E-state index contributed by atoms with van der Waals surface area (Å²) in [5, 5.41) is 2.64. The van der Waals surface area contributed by atoms with Crippen molar-refractivity contribution in [2.45, 2.75) is 6.54 Å². The molecule has 1 heterocycles. The molecule has 1 aromatic carbocycles. The molecule has 0 atom stereocenters. The number of halogens is 1. The fraction of sp³-hybridized carbons (Fsp3) is 0.133. The maximum Gasteiger partial charge on any atom is 0.251 e. The molecule has 1 aromatic heterocycles. The summed E-state index contributed by atoms with van der Waals surface area (Å²) in [5.74, 6) is 4.87. The van der Waals surface area contributed by atoms with Crippen LogP contribution in [0.2, 0.25) is 0 Å². The van der Waals surface area contributed by atoms with Crippen LogP contribution in [0.4, 0.5) is 4.39 Å². The van der Waals surface area contributed by atoms with E-state index in [1.165, 1.54) is 18.4 Å². The van der Waals surface area contributed by atoms with Gasteiger partial charge in [-0.25, -0.2) is 4.39 Å². The third-order valence-electron chi connectivity index (χ3n) is 2.56. The number of carbonyl (C=O) groups is 1. The summed E-state index contributed by atoms with van der Waals surface area (Å²) < 4.78 is 18.8. The standard InChI is InChI=1S/C15H13FN2O2/c16-14-9-12(6-5-11(14)3-1-7-17)15(19)18-10-13-4-2-8-20-13/h2,4-6,8-9H,7,10,17H2,(H,18,19). The Morgan fingerprint density at radius 3 is 2.90 bits per heavy atom. The Kier molecular flexibility index (Phi) is 4.53. The molecule has 0 spiro atoms. The Bertz CT molecular complexity index is 654. The second-order valence-corrected chi connectivity index (χ2v) is 3.96. The van der Waals surface area contributed by atoms with Gasteiger partial charge < -0.3 is 15.5 Å². The number of hydrogen-bond donors (Lipinski definition) is 2. The number of rotatable bonds is 3. The molecule has 0 aliphatic carbocycles. The molecule has 3 N–H and O–H groups in total. The van der Waals surface area contributed by atoms with Crippen molar-refractivity contribution in [3.8, 4) is 11.8 Å². The Labute approximate surface area is 115 Å². The van der Waals surface area contributed by atoms with Gasteiger partial charge in [-0.3, -0.25) is 4.79 Å². The topological polar surface area (TPSA) is 68.3 Å². The van der Waals surface area contributed by atoms with Gasteiger partial charge in [0.15, 0.2) is 0 Å². The van der Waals surface area contributed by atoms with Crippen LogP contribution in [0, 0.1) is 17.7 Å². The zero-order valence-electron chi connectivity index (χ0n) is 10.7. The number of nitrogens with two attached hydrogens (primary N) is 1. The molecule has 0 fully saturated rings. The van der Waals surface area contributed by atoms with E-state index >= 15 is 0 Å². The van der Waals surface area contributed by atoms with E-state index in [1.54, 1.807) is 12.1 Å². The van der Waals surface area contributed by atoms with Crippen molar-refractivity contribution in [3.05, 3.63) is 59.3 Å². The SMILES string of the molecule is NCC#Cc1ccc(C(=O)NCc2ccco2)cc1F. The number of carbonyl (C=O) groups excluding carboxylic acids is 1. The fourth-order valence-corrected chi connectivity index (χ4v) is 1.59. The molecule has 0 bridgehead atoms. The zero-order valence-corrected chi connectivity index (χ0v) is 10.7. The Morgan fingerprint density at radius 1 is 1.40 bits per heavy atom. The summed E-state index contributed by atoms with van der Waals surface area (Å²) in [7, 11) is 0. The van der Waals surface area contributed by atoms with Crippen LogP contribution in [0.15, 0.2) is 41.0 Å². The molecule has 0 radical (unpaired) electrons. The second kappa shape index (κ2) is 6.55. The summed E-state index contributed by atoms with van der Waals surface area (Å²) in [6.07, 6.45) is 1.52. The van der Waals surface area contributed by atoms with Crippen molar-refractivity contribution >= 4 is 5.91 Å². The van der Waals surface area contributed by atoms with Gasteiger partial charge in [0, 0.05) is 5.56 Å². The maximum atomic E-state index is 13.7. The van der Waals surface area contributed by atoms with Gasteiger partial charge in [0.2, 0.25) is 0 Å². The third kappa shape index (κ3) is 3.46. The van der Waals surface area contributed by atoms with Crippen LogP contribution in [0.5, 0.6) is 0 Å². The number of furan rings is 1. The fourth-order valence-electron chi connectivity index (χ4n) is 1.59. The highest BCUT2D eigenvalue weighted by Crippen LogP contribution is 2.10. The van der Waals surface area contributed by atoms with E-state index in [2.05, 4.69) is 17.2 Å². The lowest BCUT2D eigenvalue weighted by Crippen LogP contribution is -2.22. The molecule has 20 heavy (non-hydrogen) atoms. The molecule has 0 unspecified atom stereocenters. The summed E-state index contributed by atoms with van der Waals surface area (Å²) in [6, 6.07) is 7.59. The summed E-state index contributed by atoms with van der Waals surface area (Å²) in [4.78, 5) is 11.8. The zero-order chi connectivity index (χ0) is 14.4. The van der Waals surface area contributed by atoms with E-state index in [1.807, 2.05) is 0 Å². The van der Waals surface area contributed by atoms with Crippen LogP contribution in [-0.2, 0) is 6.54 Å². The van der Waals surface area contributed by atoms with Crippen LogP contribution in [0.1, 0.15) is 21.7 Å². The molecule has 0 saturated heterocycles. The van der Waals surface area contributed by atoms with Gasteiger partial charge in [0.25, 0.3) is 5.91 Å². The van der Waals surface area contributed by atoms with Crippen molar-refractivity contribution in [2.75, 3.05) is 6.54 Å². The lowest BCUT2D eigenvalue weighted by atomic mass is 10.1. The normalized spacial score (nSPS) is 9.70. The number of nitrogens with one attached hydrogen (secondary N) is 1. The van der Waals surface area contributed by atoms with Crippen molar-refractivity contribution in [2.24, 2.45) is 5.73 Å². The van der Waals surface area contributed by atoms with E-state index in [-0.39, 0.29) is 30.1 Å². The van der Waals surface area contributed by atoms with Gasteiger partial charge in [-0.15, -0.1) is 0 Å². The number of hydrogen-bond acceptors (Lipinski definition) is 3. The van der Waals surface area contributed by atoms with Crippen molar-refractivity contribution in [1.82, 2.24) is 5.32 Å². The molecule has 0 saturated carbocycles. The van der Waals surface area contributed by atoms with Gasteiger partial charge >= 0.3 is 0 Å². The molecule has 4 nitrogen and oxygen atoms in total. The maximum absolute atomic E-state index is 13.7. The van der Waals surface area contributed by atoms with Gasteiger partial charge in [-0.05, 0) is 30.3 Å². The Morgan fingerprint density at radius 2 is 2.25 bits per heavy atom. The first-order valence-electron chi connectivity index (χ1n) is 6.00. The summed E-state index contributed by atoms with van der Waals surface area (Å²) in [6.45, 7) is 0.410. The van der Waals surface area contributed by atoms with Crippen LogP contribution in [-0.4, -0.2) is 12.5 Å². The molecule has 5 heteroatoms. The lowest BCUT2D eigenvalue weighted by Gasteiger charge is -2.04. The quantitative estimate of drug-likeness (QED) is 0.835. The first-order chi connectivity index (χ1) is 9.70. The average Bonchev–Trinajstić information content (AvgIpc) is 2.96. The van der Waals surface area contributed by atoms with Crippen LogP contribution < -0.4 is 11.1 Å². The van der Waals surface area contributed by atoms with Crippen LogP contribution >= 0.6 is 0 Å². The molecule has 2 rings (SSSR count). The number of benzene rings is 1. The minimum atomic E-state index is -0.545. The largest absolute Gasteiger partial charge is 0.467 e. The monoisotopic (exact) mass is 272 g/mol. The first-order valence-corrected chi connectivity index (χ1v) is 6.00. The molecule has 0 aliphatic rings. The van der Waals surface area contributed by atoms with E-state index in [9.17, 15) is 9.18 Å². The molecule has 102 valence electrons. The lowest BCUT2D eigenvalue weighted by molar-refractivity contribution is 0.0947. The molecule has 1 amide bonds. The highest BCUT2D eigenvalue weighted by atomic mass is 19.1. The van der Waals surface area contributed by atoms with Gasteiger partial charge in [-0.1, -0.05) is 11.8 Å². The van der Waals surface area contributed by atoms with Crippen molar-refractivity contribution in [3.63, 3.8) is 0 Å². The molecule has 2 aromatic rings. The average molecular weight is 272 g/mol. The Balaban J connectivity index is 2.05. The van der Waals surface area contributed by atoms with Gasteiger partial charge in [0.05, 0.1) is 24.9 Å². The predicted molar refractivity (Wildman–Crippen MR) is 72.2 cm³/mol. The Hall–Kier alpha value is -2.58. The molecule has 0 aliphatic heterocycles. The third-order valence-corrected chi connectivity index (χ3v) is 2.56. The van der Waals surface area contributed by atoms with E-state index in [0.717, 1.165) is 6.07 Å². The second-order valence-electron chi connectivity index (χ2n) is 3.96. The minimum absolute atomic E-state index is 0.158. The highest BCUT2D eigenvalue weighted by Gasteiger charge is 2.09. The summed E-state index contributed by atoms with van der Waals surface area (Å²) >= 11 is 0. The van der Waals surface area contributed by atoms with Crippen LogP contribution in [0.25, 0.3) is 0 Å². The van der Waals surface area contributed by atoms with Crippen molar-refractivity contribution < 1.29 is 13.6 Å². The van der Waals surface area contributed by atoms with Gasteiger partial charge in [-0.2, -0.15) is 0 Å². The van der Waals surface area contributed by atoms with E-state index in [0.29, 0.717) is 5.76 Å². The smallest absolute Gasteiger partial charge is 0.251 e. The van der Waals surface area contributed by atoms with Crippen LogP contribution in [0.3, 0.4) is 0 Å². The van der Waals surface area contributed by atoms with Gasteiger partial charge in [0.1, 0.15) is 11.6 Å².